The maximum Gasteiger partial charge on any atom is 0.149 e. The van der Waals surface area contributed by atoms with Gasteiger partial charge in [0.1, 0.15) is 29.1 Å². The van der Waals surface area contributed by atoms with Gasteiger partial charge in [0, 0.05) is 25.1 Å². The average molecular weight is 292 g/mol. The van der Waals surface area contributed by atoms with Crippen LogP contribution in [0.2, 0.25) is 0 Å². The minimum atomic E-state index is -0.658. The fourth-order valence-electron chi connectivity index (χ4n) is 1.79. The maximum absolute atomic E-state index is 13.7. The van der Waals surface area contributed by atoms with Gasteiger partial charge in [-0.3, -0.25) is 0 Å². The molecule has 0 aliphatic heterocycles. The highest BCUT2D eigenvalue weighted by molar-refractivity contribution is 5.59. The van der Waals surface area contributed by atoms with Crippen molar-refractivity contribution in [3.63, 3.8) is 0 Å². The molecule has 0 aliphatic carbocycles. The minimum Gasteiger partial charge on any atom is -0.370 e. The number of anilines is 3. The number of aryl methyl sites for hydroxylation is 1. The number of rotatable bonds is 6. The fourth-order valence-corrected chi connectivity index (χ4v) is 1.79. The second kappa shape index (κ2) is 6.97. The van der Waals surface area contributed by atoms with Crippen LogP contribution in [0, 0.1) is 11.6 Å². The van der Waals surface area contributed by atoms with Crippen LogP contribution in [0.5, 0.6) is 0 Å². The average Bonchev–Trinajstić information content (AvgIpc) is 2.48. The lowest BCUT2D eigenvalue weighted by atomic mass is 10.3. The molecule has 0 bridgehead atoms. The topological polar surface area (TPSA) is 49.8 Å². The van der Waals surface area contributed by atoms with Crippen molar-refractivity contribution >= 4 is 17.3 Å². The second-order valence-electron chi connectivity index (χ2n) is 4.58. The molecule has 0 spiro atoms. The quantitative estimate of drug-likeness (QED) is 0.848. The van der Waals surface area contributed by atoms with E-state index in [1.165, 1.54) is 12.1 Å². The first kappa shape index (κ1) is 15.2. The first-order valence-electron chi connectivity index (χ1n) is 6.96. The van der Waals surface area contributed by atoms with E-state index < -0.39 is 11.6 Å². The van der Waals surface area contributed by atoms with Gasteiger partial charge >= 0.3 is 0 Å². The summed E-state index contributed by atoms with van der Waals surface area (Å²) in [5.41, 5.74) is 0.179. The van der Waals surface area contributed by atoms with E-state index in [2.05, 4.69) is 27.5 Å². The Morgan fingerprint density at radius 1 is 1.05 bits per heavy atom. The van der Waals surface area contributed by atoms with E-state index >= 15 is 0 Å². The van der Waals surface area contributed by atoms with Crippen LogP contribution in [-0.4, -0.2) is 16.5 Å². The van der Waals surface area contributed by atoms with E-state index in [0.29, 0.717) is 23.9 Å². The third-order valence-corrected chi connectivity index (χ3v) is 2.84. The van der Waals surface area contributed by atoms with Crippen LogP contribution in [0.3, 0.4) is 0 Å². The van der Waals surface area contributed by atoms with Crippen LogP contribution >= 0.6 is 0 Å². The summed E-state index contributed by atoms with van der Waals surface area (Å²) >= 11 is 0. The van der Waals surface area contributed by atoms with Gasteiger partial charge in [-0.1, -0.05) is 13.8 Å². The molecule has 0 saturated heterocycles. The van der Waals surface area contributed by atoms with Crippen LogP contribution in [0.4, 0.5) is 26.1 Å². The SMILES string of the molecule is CCCNc1cc(Nc2ccc(F)cc2F)nc(CC)n1. The molecular weight excluding hydrogens is 274 g/mol. The second-order valence-corrected chi connectivity index (χ2v) is 4.58. The van der Waals surface area contributed by atoms with Gasteiger partial charge in [0.25, 0.3) is 0 Å². The number of benzene rings is 1. The van der Waals surface area contributed by atoms with Crippen molar-refractivity contribution in [2.45, 2.75) is 26.7 Å². The van der Waals surface area contributed by atoms with Crippen LogP contribution in [0.15, 0.2) is 24.3 Å². The number of nitrogens with zero attached hydrogens (tertiary/aromatic N) is 2. The van der Waals surface area contributed by atoms with E-state index in [0.717, 1.165) is 19.0 Å². The molecule has 0 amide bonds. The Kier molecular flexibility index (Phi) is 5.03. The zero-order valence-electron chi connectivity index (χ0n) is 12.1. The maximum atomic E-state index is 13.7. The molecule has 4 nitrogen and oxygen atoms in total. The summed E-state index contributed by atoms with van der Waals surface area (Å²) in [4.78, 5) is 8.65. The predicted octanol–water partition coefficient (Wildman–Crippen LogP) is 3.88. The van der Waals surface area contributed by atoms with Crippen LogP contribution in [-0.2, 0) is 6.42 Å². The first-order chi connectivity index (χ1) is 10.1. The van der Waals surface area contributed by atoms with E-state index in [4.69, 9.17) is 0 Å². The number of aromatic nitrogens is 2. The summed E-state index contributed by atoms with van der Waals surface area (Å²) < 4.78 is 26.6. The minimum absolute atomic E-state index is 0.179. The van der Waals surface area contributed by atoms with Crippen molar-refractivity contribution in [3.8, 4) is 0 Å². The molecule has 2 rings (SSSR count). The van der Waals surface area contributed by atoms with Crippen molar-refractivity contribution in [2.75, 3.05) is 17.2 Å². The molecule has 112 valence electrons. The smallest absolute Gasteiger partial charge is 0.149 e. The van der Waals surface area contributed by atoms with Gasteiger partial charge in [-0.25, -0.2) is 18.7 Å². The van der Waals surface area contributed by atoms with E-state index in [1.54, 1.807) is 6.07 Å². The Balaban J connectivity index is 2.25. The Labute approximate surface area is 122 Å². The Bertz CT molecular complexity index is 617. The Hall–Kier alpha value is -2.24. The molecule has 0 fully saturated rings. The molecule has 2 aromatic rings. The highest BCUT2D eigenvalue weighted by Crippen LogP contribution is 2.21. The van der Waals surface area contributed by atoms with Crippen molar-refractivity contribution in [2.24, 2.45) is 0 Å². The van der Waals surface area contributed by atoms with Crippen LogP contribution in [0.25, 0.3) is 0 Å². The highest BCUT2D eigenvalue weighted by Gasteiger charge is 2.07. The summed E-state index contributed by atoms with van der Waals surface area (Å²) in [5, 5.41) is 6.03. The molecule has 6 heteroatoms. The van der Waals surface area contributed by atoms with E-state index in [-0.39, 0.29) is 5.69 Å². The zero-order chi connectivity index (χ0) is 15.2. The van der Waals surface area contributed by atoms with Gasteiger partial charge in [0.05, 0.1) is 5.69 Å². The largest absolute Gasteiger partial charge is 0.370 e. The molecule has 2 N–H and O–H groups in total. The van der Waals surface area contributed by atoms with Gasteiger partial charge in [-0.15, -0.1) is 0 Å². The summed E-state index contributed by atoms with van der Waals surface area (Å²) in [5.74, 6) is 0.552. The lowest BCUT2D eigenvalue weighted by molar-refractivity contribution is 0.586. The summed E-state index contributed by atoms with van der Waals surface area (Å²) in [6.45, 7) is 4.80. The van der Waals surface area contributed by atoms with Gasteiger partial charge in [0.2, 0.25) is 0 Å². The molecular formula is C15H18F2N4. The number of hydrogen-bond acceptors (Lipinski definition) is 4. The zero-order valence-corrected chi connectivity index (χ0v) is 12.1. The number of halogens is 2. The summed E-state index contributed by atoms with van der Waals surface area (Å²) in [7, 11) is 0. The third kappa shape index (κ3) is 4.11. The predicted molar refractivity (Wildman–Crippen MR) is 79.8 cm³/mol. The van der Waals surface area contributed by atoms with Gasteiger partial charge < -0.3 is 10.6 Å². The molecule has 1 aromatic heterocycles. The van der Waals surface area contributed by atoms with Gasteiger partial charge in [-0.2, -0.15) is 0 Å². The molecule has 0 atom stereocenters. The molecule has 1 aromatic carbocycles. The highest BCUT2D eigenvalue weighted by atomic mass is 19.1. The molecule has 0 radical (unpaired) electrons. The van der Waals surface area contributed by atoms with Crippen LogP contribution < -0.4 is 10.6 Å². The molecule has 0 aliphatic rings. The number of hydrogen-bond donors (Lipinski definition) is 2. The Morgan fingerprint density at radius 3 is 2.48 bits per heavy atom. The number of nitrogens with one attached hydrogen (secondary N) is 2. The van der Waals surface area contributed by atoms with Crippen molar-refractivity contribution in [3.05, 3.63) is 41.7 Å². The third-order valence-electron chi connectivity index (χ3n) is 2.84. The molecule has 0 saturated carbocycles. The van der Waals surface area contributed by atoms with Crippen molar-refractivity contribution in [1.82, 2.24) is 9.97 Å². The Morgan fingerprint density at radius 2 is 1.81 bits per heavy atom. The lowest BCUT2D eigenvalue weighted by Gasteiger charge is -2.11. The van der Waals surface area contributed by atoms with Crippen LogP contribution in [0.1, 0.15) is 26.1 Å². The lowest BCUT2D eigenvalue weighted by Crippen LogP contribution is -2.07. The molecule has 21 heavy (non-hydrogen) atoms. The summed E-state index contributed by atoms with van der Waals surface area (Å²) in [6, 6.07) is 5.08. The summed E-state index contributed by atoms with van der Waals surface area (Å²) in [6.07, 6.45) is 1.64. The van der Waals surface area contributed by atoms with Gasteiger partial charge in [0.15, 0.2) is 0 Å². The van der Waals surface area contributed by atoms with Crippen molar-refractivity contribution < 1.29 is 8.78 Å². The van der Waals surface area contributed by atoms with E-state index in [1.807, 2.05) is 6.92 Å². The fraction of sp³-hybridized carbons (Fsp3) is 0.333. The van der Waals surface area contributed by atoms with Crippen molar-refractivity contribution in [1.29, 1.82) is 0 Å². The monoisotopic (exact) mass is 292 g/mol. The molecule has 0 unspecified atom stereocenters. The normalized spacial score (nSPS) is 10.5. The molecule has 1 heterocycles. The van der Waals surface area contributed by atoms with Gasteiger partial charge in [-0.05, 0) is 18.6 Å². The van der Waals surface area contributed by atoms with E-state index in [9.17, 15) is 8.78 Å². The standard InChI is InChI=1S/C15H18F2N4/c1-3-7-18-14-9-15(21-13(4-2)20-14)19-12-6-5-10(16)8-11(12)17/h5-6,8-9H,3-4,7H2,1-2H3,(H2,18,19,20,21). The first-order valence-corrected chi connectivity index (χ1v) is 6.96.